The van der Waals surface area contributed by atoms with Crippen LogP contribution in [0.25, 0.3) is 22.4 Å². The normalized spacial score (nSPS) is 15.5. The smallest absolute Gasteiger partial charge is 0.253 e. The van der Waals surface area contributed by atoms with Crippen LogP contribution in [-0.2, 0) is 13.5 Å². The molecule has 1 N–H and O–H groups in total. The summed E-state index contributed by atoms with van der Waals surface area (Å²) in [7, 11) is 3.36. The molecule has 164 valence electrons. The van der Waals surface area contributed by atoms with Crippen LogP contribution < -0.4 is 15.6 Å². The monoisotopic (exact) mass is 431 g/mol. The lowest BCUT2D eigenvalue weighted by atomic mass is 9.93. The van der Waals surface area contributed by atoms with Crippen molar-refractivity contribution in [3.05, 3.63) is 75.8 Å². The number of benzene rings is 2. The Morgan fingerprint density at radius 3 is 2.56 bits per heavy atom. The molecular weight excluding hydrogens is 405 g/mol. The summed E-state index contributed by atoms with van der Waals surface area (Å²) in [6.45, 7) is 2.01. The molecule has 32 heavy (non-hydrogen) atoms. The van der Waals surface area contributed by atoms with Gasteiger partial charge in [-0.1, -0.05) is 6.07 Å². The highest BCUT2D eigenvalue weighted by Crippen LogP contribution is 2.33. The fourth-order valence-electron chi connectivity index (χ4n) is 4.39. The van der Waals surface area contributed by atoms with Crippen molar-refractivity contribution in [3.63, 3.8) is 0 Å². The number of aryl methyl sites for hydroxylation is 1. The first-order valence-electron chi connectivity index (χ1n) is 10.8. The quantitative estimate of drug-likeness (QED) is 0.633. The minimum atomic E-state index is -0.571. The highest BCUT2D eigenvalue weighted by Gasteiger charge is 2.19. The van der Waals surface area contributed by atoms with Gasteiger partial charge in [0.25, 0.3) is 5.56 Å². The molecule has 1 aliphatic heterocycles. The Hall–Kier alpha value is -3.43. The predicted octanol–water partition coefficient (Wildman–Crippen LogP) is 4.28. The van der Waals surface area contributed by atoms with Crippen molar-refractivity contribution in [2.75, 3.05) is 20.2 Å². The lowest BCUT2D eigenvalue weighted by molar-refractivity contribution is 0.415. The van der Waals surface area contributed by atoms with E-state index in [2.05, 4.69) is 5.32 Å². The molecule has 1 fully saturated rings. The maximum atomic E-state index is 14.5. The molecule has 1 aromatic heterocycles. The molecular formula is C26H26FN3O2. The Balaban J connectivity index is 1.85. The van der Waals surface area contributed by atoms with Gasteiger partial charge in [-0.3, -0.25) is 4.79 Å². The molecule has 1 saturated heterocycles. The summed E-state index contributed by atoms with van der Waals surface area (Å²) in [5, 5.41) is 12.5. The molecule has 5 nitrogen and oxygen atoms in total. The van der Waals surface area contributed by atoms with Gasteiger partial charge in [-0.25, -0.2) is 4.39 Å². The van der Waals surface area contributed by atoms with Crippen LogP contribution in [0.15, 0.2) is 53.3 Å². The molecule has 6 heteroatoms. The average Bonchev–Trinajstić information content (AvgIpc) is 3.33. The van der Waals surface area contributed by atoms with Gasteiger partial charge >= 0.3 is 0 Å². The van der Waals surface area contributed by atoms with Gasteiger partial charge in [0.05, 0.1) is 18.4 Å². The van der Waals surface area contributed by atoms with Crippen LogP contribution in [0.4, 0.5) is 4.39 Å². The molecule has 3 aromatic rings. The van der Waals surface area contributed by atoms with Gasteiger partial charge in [0.15, 0.2) is 0 Å². The van der Waals surface area contributed by atoms with E-state index in [-0.39, 0.29) is 11.1 Å². The number of hydrogen-bond acceptors (Lipinski definition) is 4. The molecule has 4 rings (SSSR count). The van der Waals surface area contributed by atoms with Crippen LogP contribution in [0.5, 0.6) is 5.75 Å². The van der Waals surface area contributed by atoms with E-state index in [1.165, 1.54) is 12.1 Å². The van der Waals surface area contributed by atoms with Gasteiger partial charge in [-0.05, 0) is 91.9 Å². The Kier molecular flexibility index (Phi) is 6.38. The van der Waals surface area contributed by atoms with Crippen molar-refractivity contribution in [2.45, 2.75) is 19.3 Å². The van der Waals surface area contributed by atoms with Crippen molar-refractivity contribution >= 4 is 0 Å². The van der Waals surface area contributed by atoms with Crippen LogP contribution in [0, 0.1) is 23.1 Å². The molecule has 0 amide bonds. The van der Waals surface area contributed by atoms with Gasteiger partial charge < -0.3 is 14.6 Å². The zero-order valence-corrected chi connectivity index (χ0v) is 18.3. The number of hydrogen-bond donors (Lipinski definition) is 1. The molecule has 2 heterocycles. The Morgan fingerprint density at radius 1 is 1.19 bits per heavy atom. The molecule has 0 bridgehead atoms. The largest absolute Gasteiger partial charge is 0.497 e. The van der Waals surface area contributed by atoms with E-state index in [4.69, 9.17) is 10.00 Å². The van der Waals surface area contributed by atoms with Gasteiger partial charge in [0.1, 0.15) is 17.6 Å². The number of halogens is 1. The third kappa shape index (κ3) is 4.30. The minimum Gasteiger partial charge on any atom is -0.497 e. The third-order valence-electron chi connectivity index (χ3n) is 6.24. The van der Waals surface area contributed by atoms with Gasteiger partial charge in [-0.15, -0.1) is 0 Å². The highest BCUT2D eigenvalue weighted by atomic mass is 19.1. The molecule has 1 atom stereocenters. The Labute approximate surface area is 187 Å². The number of ether oxygens (including phenoxy) is 1. The molecule has 1 aliphatic rings. The van der Waals surface area contributed by atoms with E-state index >= 15 is 0 Å². The van der Waals surface area contributed by atoms with Crippen LogP contribution in [0.1, 0.15) is 24.0 Å². The summed E-state index contributed by atoms with van der Waals surface area (Å²) in [5.41, 5.74) is 3.60. The van der Waals surface area contributed by atoms with Crippen LogP contribution >= 0.6 is 0 Å². The fourth-order valence-corrected chi connectivity index (χ4v) is 4.39. The SMILES string of the molecule is COc1ccc(-c2c(-c3ccc(C#N)c(F)c3)cc(CC[C@H]3CCNC3)c(=O)n2C)cc1. The standard InChI is InChI=1S/C26H26FN3O2/c1-30-25(18-7-9-22(32-2)10-8-18)23(19-5-6-21(15-28)24(27)14-19)13-20(26(30)31)4-3-17-11-12-29-16-17/h5-10,13-14,17,29H,3-4,11-12,16H2,1-2H3/t17-/m0/s1. The van der Waals surface area contributed by atoms with Crippen molar-refractivity contribution < 1.29 is 9.13 Å². The molecule has 0 spiro atoms. The van der Waals surface area contributed by atoms with Gasteiger partial charge in [-0.2, -0.15) is 5.26 Å². The van der Waals surface area contributed by atoms with Crippen molar-refractivity contribution in [1.82, 2.24) is 9.88 Å². The van der Waals surface area contributed by atoms with Crippen LogP contribution in [-0.4, -0.2) is 24.8 Å². The lowest BCUT2D eigenvalue weighted by Crippen LogP contribution is -2.24. The summed E-state index contributed by atoms with van der Waals surface area (Å²) >= 11 is 0. The molecule has 0 radical (unpaired) electrons. The predicted molar refractivity (Wildman–Crippen MR) is 123 cm³/mol. The fraction of sp³-hybridized carbons (Fsp3) is 0.308. The number of nitriles is 1. The number of rotatable bonds is 6. The van der Waals surface area contributed by atoms with Crippen LogP contribution in [0.2, 0.25) is 0 Å². The Bertz CT molecular complexity index is 1220. The summed E-state index contributed by atoms with van der Waals surface area (Å²) in [6, 6.07) is 15.8. The second-order valence-electron chi connectivity index (χ2n) is 8.23. The molecule has 2 aromatic carbocycles. The first kappa shape index (κ1) is 21.8. The van der Waals surface area contributed by atoms with E-state index in [1.807, 2.05) is 36.4 Å². The van der Waals surface area contributed by atoms with E-state index in [0.717, 1.165) is 42.6 Å². The summed E-state index contributed by atoms with van der Waals surface area (Å²) < 4.78 is 21.4. The number of nitrogens with zero attached hydrogens (tertiary/aromatic N) is 2. The van der Waals surface area contributed by atoms with Crippen molar-refractivity contribution in [1.29, 1.82) is 5.26 Å². The molecule has 0 unspecified atom stereocenters. The van der Waals surface area contributed by atoms with E-state index in [9.17, 15) is 9.18 Å². The topological polar surface area (TPSA) is 67.0 Å². The Morgan fingerprint density at radius 2 is 1.94 bits per heavy atom. The lowest BCUT2D eigenvalue weighted by Gasteiger charge is -2.18. The minimum absolute atomic E-state index is 0.00137. The van der Waals surface area contributed by atoms with E-state index < -0.39 is 5.82 Å². The number of nitrogens with one attached hydrogen (secondary N) is 1. The number of pyridine rings is 1. The highest BCUT2D eigenvalue weighted by molar-refractivity contribution is 5.82. The van der Waals surface area contributed by atoms with Crippen molar-refractivity contribution in [2.24, 2.45) is 13.0 Å². The van der Waals surface area contributed by atoms with Gasteiger partial charge in [0, 0.05) is 18.2 Å². The molecule has 0 saturated carbocycles. The van der Waals surface area contributed by atoms with Gasteiger partial charge in [0.2, 0.25) is 0 Å². The van der Waals surface area contributed by atoms with E-state index in [0.29, 0.717) is 29.3 Å². The maximum Gasteiger partial charge on any atom is 0.253 e. The summed E-state index contributed by atoms with van der Waals surface area (Å²) in [4.78, 5) is 13.2. The number of aromatic nitrogens is 1. The first-order chi connectivity index (χ1) is 15.5. The average molecular weight is 432 g/mol. The maximum absolute atomic E-state index is 14.5. The van der Waals surface area contributed by atoms with Crippen molar-refractivity contribution in [3.8, 4) is 34.2 Å². The summed E-state index contributed by atoms with van der Waals surface area (Å²) in [5.74, 6) is 0.710. The zero-order chi connectivity index (χ0) is 22.7. The van der Waals surface area contributed by atoms with Crippen LogP contribution in [0.3, 0.4) is 0 Å². The second-order valence-corrected chi connectivity index (χ2v) is 8.23. The second kappa shape index (κ2) is 9.37. The first-order valence-corrected chi connectivity index (χ1v) is 10.8. The van der Waals surface area contributed by atoms with E-state index in [1.54, 1.807) is 24.8 Å². The zero-order valence-electron chi connectivity index (χ0n) is 18.3. The number of methoxy groups -OCH3 is 1. The summed E-state index contributed by atoms with van der Waals surface area (Å²) in [6.07, 6.45) is 2.73. The molecule has 0 aliphatic carbocycles. The third-order valence-corrected chi connectivity index (χ3v) is 6.24.